The Labute approximate surface area is 450 Å². The molecule has 76 heavy (non-hydrogen) atoms. The largest absolute Gasteiger partial charge is 0.309 e. The molecule has 0 aliphatic heterocycles. The van der Waals surface area contributed by atoms with Crippen molar-refractivity contribution in [3.05, 3.63) is 198 Å². The van der Waals surface area contributed by atoms with Crippen LogP contribution in [0, 0.1) is 0 Å². The van der Waals surface area contributed by atoms with Crippen molar-refractivity contribution >= 4 is 43.6 Å². The minimum absolute atomic E-state index is 0.0278. The van der Waals surface area contributed by atoms with Gasteiger partial charge in [0.25, 0.3) is 0 Å². The van der Waals surface area contributed by atoms with Gasteiger partial charge in [0.1, 0.15) is 0 Å². The van der Waals surface area contributed by atoms with Crippen LogP contribution in [0.3, 0.4) is 0 Å². The number of nitrogens with zero attached hydrogens (tertiary/aromatic N) is 5. The molecule has 0 saturated heterocycles. The molecular formula is C71H73N5. The third kappa shape index (κ3) is 9.12. The number of para-hydroxylation sites is 4. The van der Waals surface area contributed by atoms with Gasteiger partial charge in [0, 0.05) is 43.8 Å². The summed E-state index contributed by atoms with van der Waals surface area (Å²) in [5, 5.41) is 4.87. The van der Waals surface area contributed by atoms with Crippen molar-refractivity contribution in [1.82, 2.24) is 24.1 Å². The quantitative estimate of drug-likeness (QED) is 0.167. The fourth-order valence-corrected chi connectivity index (χ4v) is 10.9. The lowest BCUT2D eigenvalue weighted by atomic mass is 9.79. The van der Waals surface area contributed by atoms with Gasteiger partial charge in [-0.1, -0.05) is 201 Å². The zero-order valence-electron chi connectivity index (χ0n) is 47.4. The van der Waals surface area contributed by atoms with Crippen LogP contribution < -0.4 is 0 Å². The smallest absolute Gasteiger partial charge is 0.166 e. The Kier molecular flexibility index (Phi) is 12.0. The average molecular weight is 996 g/mol. The molecule has 11 rings (SSSR count). The van der Waals surface area contributed by atoms with E-state index in [9.17, 15) is 0 Å². The Bertz CT molecular complexity index is 3860. The molecule has 3 aromatic heterocycles. The molecule has 0 saturated carbocycles. The predicted molar refractivity (Wildman–Crippen MR) is 324 cm³/mol. The van der Waals surface area contributed by atoms with Crippen LogP contribution in [0.15, 0.2) is 170 Å². The normalized spacial score (nSPS) is 12.9. The van der Waals surface area contributed by atoms with E-state index in [-0.39, 0.29) is 27.1 Å². The molecule has 0 spiro atoms. The molecule has 11 aromatic rings. The van der Waals surface area contributed by atoms with Crippen LogP contribution in [-0.2, 0) is 27.1 Å². The molecule has 3 heterocycles. The Morgan fingerprint density at radius 1 is 0.263 bits per heavy atom. The van der Waals surface area contributed by atoms with E-state index < -0.39 is 0 Å². The van der Waals surface area contributed by atoms with Crippen LogP contribution in [0.5, 0.6) is 0 Å². The Balaban J connectivity index is 1.27. The van der Waals surface area contributed by atoms with Gasteiger partial charge in [-0.15, -0.1) is 0 Å². The van der Waals surface area contributed by atoms with Gasteiger partial charge in [0.05, 0.1) is 33.4 Å². The van der Waals surface area contributed by atoms with Crippen LogP contribution in [0.4, 0.5) is 0 Å². The van der Waals surface area contributed by atoms with Crippen molar-refractivity contribution in [2.75, 3.05) is 0 Å². The zero-order chi connectivity index (χ0) is 53.9. The third-order valence-electron chi connectivity index (χ3n) is 15.5. The molecule has 0 radical (unpaired) electrons. The summed E-state index contributed by atoms with van der Waals surface area (Å²) in [5.41, 5.74) is 17.5. The summed E-state index contributed by atoms with van der Waals surface area (Å²) in [6.45, 7) is 34.4. The predicted octanol–water partition coefficient (Wildman–Crippen LogP) is 19.2. The number of benzene rings is 8. The van der Waals surface area contributed by atoms with Gasteiger partial charge in [-0.2, -0.15) is 0 Å². The van der Waals surface area contributed by atoms with Crippen molar-refractivity contribution in [3.63, 3.8) is 0 Å². The molecule has 0 bridgehead atoms. The Morgan fingerprint density at radius 2 is 0.632 bits per heavy atom. The molecule has 5 nitrogen and oxygen atoms in total. The number of fused-ring (bicyclic) bond motifs is 6. The second-order valence-electron chi connectivity index (χ2n) is 26.4. The number of rotatable bonds is 6. The highest BCUT2D eigenvalue weighted by Crippen LogP contribution is 2.43. The first-order valence-electron chi connectivity index (χ1n) is 27.2. The van der Waals surface area contributed by atoms with Gasteiger partial charge in [-0.3, -0.25) is 0 Å². The van der Waals surface area contributed by atoms with E-state index in [2.05, 4.69) is 283 Å². The summed E-state index contributed by atoms with van der Waals surface area (Å²) < 4.78 is 4.87. The second-order valence-corrected chi connectivity index (χ2v) is 26.4. The van der Waals surface area contributed by atoms with E-state index in [1.54, 1.807) is 0 Å². The first-order valence-corrected chi connectivity index (χ1v) is 27.2. The van der Waals surface area contributed by atoms with Crippen LogP contribution in [0.2, 0.25) is 0 Å². The molecule has 0 aliphatic carbocycles. The summed E-state index contributed by atoms with van der Waals surface area (Å²) in [5.74, 6) is 1.91. The summed E-state index contributed by atoms with van der Waals surface area (Å²) in [6.07, 6.45) is 0. The molecule has 0 aliphatic rings. The lowest BCUT2D eigenvalue weighted by molar-refractivity contribution is 0.568. The zero-order valence-corrected chi connectivity index (χ0v) is 47.4. The molecule has 5 heteroatoms. The van der Waals surface area contributed by atoms with Gasteiger partial charge in [-0.25, -0.2) is 15.0 Å². The summed E-state index contributed by atoms with van der Waals surface area (Å²) in [6, 6.07) is 63.1. The molecule has 0 atom stereocenters. The number of hydrogen-bond acceptors (Lipinski definition) is 3. The third-order valence-corrected chi connectivity index (χ3v) is 15.5. The first kappa shape index (κ1) is 50.5. The van der Waals surface area contributed by atoms with Gasteiger partial charge in [0.2, 0.25) is 0 Å². The molecule has 0 N–H and O–H groups in total. The minimum atomic E-state index is -0.119. The standard InChI is InChI=1S/C71H73N5/c1-67(2,3)47-33-35-62-56(43-47)55-27-19-23-31-61(55)76(62)63-34-32-44(52-24-16-20-28-58(52)75-59-29-21-17-25-53(59)54-26-18-22-30-60(54)75)40-57(63)66-73-64(45-36-48(68(4,5)6)41-49(37-45)69(7,8)9)72-65(74-66)46-38-50(70(10,11)12)42-51(39-46)71(13,14)15/h16-43H,1-15H3. The van der Waals surface area contributed by atoms with Gasteiger partial charge in [0.15, 0.2) is 17.5 Å². The second kappa shape index (κ2) is 18.0. The SMILES string of the molecule is CC(C)(C)c1cc(-c2nc(-c3cc(C(C)(C)C)cc(C(C)(C)C)c3)nc(-c3cc(-c4ccccc4-n4c5ccccc5c5ccccc54)ccc3-n3c4ccccc4c4cc(C(C)(C)C)ccc43)n2)cc(C(C)(C)C)c1. The maximum absolute atomic E-state index is 5.71. The highest BCUT2D eigenvalue weighted by Gasteiger charge is 2.28. The maximum atomic E-state index is 5.71. The van der Waals surface area contributed by atoms with E-state index >= 15 is 0 Å². The van der Waals surface area contributed by atoms with Crippen molar-refractivity contribution in [2.45, 2.75) is 131 Å². The summed E-state index contributed by atoms with van der Waals surface area (Å²) >= 11 is 0. The molecule has 8 aromatic carbocycles. The van der Waals surface area contributed by atoms with E-state index in [4.69, 9.17) is 15.0 Å². The van der Waals surface area contributed by atoms with Crippen LogP contribution in [-0.4, -0.2) is 24.1 Å². The van der Waals surface area contributed by atoms with E-state index in [1.807, 2.05) is 0 Å². The Morgan fingerprint density at radius 3 is 1.08 bits per heavy atom. The van der Waals surface area contributed by atoms with Crippen molar-refractivity contribution in [2.24, 2.45) is 0 Å². The molecule has 0 amide bonds. The summed E-state index contributed by atoms with van der Waals surface area (Å²) in [7, 11) is 0. The number of aromatic nitrogens is 5. The van der Waals surface area contributed by atoms with Crippen LogP contribution >= 0.6 is 0 Å². The van der Waals surface area contributed by atoms with Crippen molar-refractivity contribution in [3.8, 4) is 56.7 Å². The fourth-order valence-electron chi connectivity index (χ4n) is 10.9. The molecule has 0 unspecified atom stereocenters. The topological polar surface area (TPSA) is 48.5 Å². The number of hydrogen-bond donors (Lipinski definition) is 0. The first-order chi connectivity index (χ1) is 35.8. The van der Waals surface area contributed by atoms with Crippen LogP contribution in [0.25, 0.3) is 100 Å². The van der Waals surface area contributed by atoms with Gasteiger partial charge < -0.3 is 9.13 Å². The lowest BCUT2D eigenvalue weighted by Crippen LogP contribution is -2.17. The monoisotopic (exact) mass is 996 g/mol. The minimum Gasteiger partial charge on any atom is -0.309 e. The maximum Gasteiger partial charge on any atom is 0.166 e. The fraction of sp³-hybridized carbons (Fsp3) is 0.282. The lowest BCUT2D eigenvalue weighted by Gasteiger charge is -2.26. The average Bonchev–Trinajstić information content (AvgIpc) is 4.00. The van der Waals surface area contributed by atoms with Gasteiger partial charge >= 0.3 is 0 Å². The highest BCUT2D eigenvalue weighted by molar-refractivity contribution is 6.11. The molecule has 382 valence electrons. The van der Waals surface area contributed by atoms with Gasteiger partial charge in [-0.05, 0) is 133 Å². The van der Waals surface area contributed by atoms with E-state index in [0.29, 0.717) is 17.5 Å². The molecular weight excluding hydrogens is 923 g/mol. The van der Waals surface area contributed by atoms with Crippen molar-refractivity contribution in [1.29, 1.82) is 0 Å². The van der Waals surface area contributed by atoms with E-state index in [1.165, 1.54) is 60.4 Å². The Hall–Kier alpha value is -7.63. The molecule has 0 fully saturated rings. The van der Waals surface area contributed by atoms with E-state index in [0.717, 1.165) is 50.2 Å². The van der Waals surface area contributed by atoms with Crippen molar-refractivity contribution < 1.29 is 0 Å². The highest BCUT2D eigenvalue weighted by atomic mass is 15.1. The van der Waals surface area contributed by atoms with Crippen LogP contribution in [0.1, 0.15) is 132 Å². The summed E-state index contributed by atoms with van der Waals surface area (Å²) in [4.78, 5) is 17.0.